The molecule has 0 aromatic carbocycles. The summed E-state index contributed by atoms with van der Waals surface area (Å²) < 4.78 is 4.68. The number of amides is 1. The average molecular weight is 225 g/mol. The molecule has 0 aliphatic heterocycles. The normalized spacial score (nSPS) is 29.1. The van der Waals surface area contributed by atoms with Gasteiger partial charge in [0.2, 0.25) is 5.91 Å². The molecule has 1 amide bonds. The molecule has 0 saturated heterocycles. The molecule has 6 heteroatoms. The van der Waals surface area contributed by atoms with Gasteiger partial charge in [-0.3, -0.25) is 9.59 Å². The first-order valence-electron chi connectivity index (χ1n) is 5.15. The minimum absolute atomic E-state index is 0.299. The van der Waals surface area contributed by atoms with Crippen LogP contribution in [0, 0.1) is 16.7 Å². The molecule has 0 heterocycles. The van der Waals surface area contributed by atoms with Crippen molar-refractivity contribution < 1.29 is 14.3 Å². The molecule has 1 aliphatic rings. The van der Waals surface area contributed by atoms with E-state index in [1.54, 1.807) is 6.07 Å². The van der Waals surface area contributed by atoms with Crippen molar-refractivity contribution in [3.63, 3.8) is 0 Å². The summed E-state index contributed by atoms with van der Waals surface area (Å²) in [5.41, 5.74) is 9.62. The molecule has 2 atom stereocenters. The van der Waals surface area contributed by atoms with Crippen LogP contribution in [0.25, 0.3) is 0 Å². The second kappa shape index (κ2) is 4.94. The van der Waals surface area contributed by atoms with Crippen molar-refractivity contribution in [2.75, 3.05) is 6.61 Å². The Bertz CT molecular complexity index is 337. The zero-order valence-electron chi connectivity index (χ0n) is 8.94. The van der Waals surface area contributed by atoms with Gasteiger partial charge in [0.25, 0.3) is 0 Å². The Balaban J connectivity index is 2.91. The van der Waals surface area contributed by atoms with Crippen LogP contribution in [-0.2, 0) is 14.3 Å². The van der Waals surface area contributed by atoms with Gasteiger partial charge in [0.05, 0.1) is 0 Å². The fourth-order valence-corrected chi connectivity index (χ4v) is 2.09. The van der Waals surface area contributed by atoms with E-state index in [1.807, 2.05) is 0 Å². The number of esters is 1. The van der Waals surface area contributed by atoms with Crippen LogP contribution in [0.3, 0.4) is 0 Å². The van der Waals surface area contributed by atoms with Crippen molar-refractivity contribution >= 4 is 11.9 Å². The fraction of sp³-hybridized carbons (Fsp3) is 0.700. The van der Waals surface area contributed by atoms with Gasteiger partial charge in [-0.15, -0.1) is 0 Å². The van der Waals surface area contributed by atoms with E-state index in [-0.39, 0.29) is 6.61 Å². The van der Waals surface area contributed by atoms with E-state index < -0.39 is 23.3 Å². The van der Waals surface area contributed by atoms with Crippen LogP contribution < -0.4 is 11.5 Å². The Morgan fingerprint density at radius 1 is 1.50 bits per heavy atom. The summed E-state index contributed by atoms with van der Waals surface area (Å²) in [6.07, 6.45) is 2.43. The van der Waals surface area contributed by atoms with Crippen LogP contribution >= 0.6 is 0 Å². The summed E-state index contributed by atoms with van der Waals surface area (Å²) >= 11 is 0. The highest BCUT2D eigenvalue weighted by molar-refractivity contribution is 6.03. The minimum Gasteiger partial charge on any atom is -0.449 e. The molecule has 16 heavy (non-hydrogen) atoms. The van der Waals surface area contributed by atoms with Gasteiger partial charge in [-0.05, 0) is 12.8 Å². The summed E-state index contributed by atoms with van der Waals surface area (Å²) in [6, 6.07) is 1.05. The highest BCUT2D eigenvalue weighted by atomic mass is 16.5. The number of carbonyl (C=O) groups is 2. The number of ether oxygens (including phenoxy) is 1. The number of nitriles is 1. The lowest BCUT2D eigenvalue weighted by Gasteiger charge is -2.36. The van der Waals surface area contributed by atoms with Gasteiger partial charge in [-0.25, -0.2) is 0 Å². The highest BCUT2D eigenvalue weighted by Crippen LogP contribution is 2.36. The Morgan fingerprint density at radius 2 is 2.19 bits per heavy atom. The molecule has 4 N–H and O–H groups in total. The molecular weight excluding hydrogens is 210 g/mol. The third-order valence-electron chi connectivity index (χ3n) is 3.04. The second-order valence-corrected chi connectivity index (χ2v) is 3.92. The predicted molar refractivity (Wildman–Crippen MR) is 54.6 cm³/mol. The number of primary amides is 1. The molecule has 88 valence electrons. The first kappa shape index (κ1) is 12.5. The van der Waals surface area contributed by atoms with E-state index in [9.17, 15) is 9.59 Å². The van der Waals surface area contributed by atoms with Gasteiger partial charge in [0.1, 0.15) is 6.07 Å². The monoisotopic (exact) mass is 225 g/mol. The van der Waals surface area contributed by atoms with Crippen molar-refractivity contribution in [2.24, 2.45) is 16.9 Å². The average Bonchev–Trinajstić information content (AvgIpc) is 2.26. The molecule has 1 saturated carbocycles. The molecule has 0 aromatic rings. The maximum Gasteiger partial charge on any atom is 0.324 e. The molecular formula is C10H15N3O3. The quantitative estimate of drug-likeness (QED) is 0.492. The Labute approximate surface area is 93.5 Å². The maximum absolute atomic E-state index is 11.8. The van der Waals surface area contributed by atoms with Gasteiger partial charge in [-0.2, -0.15) is 5.26 Å². The number of nitrogens with two attached hydrogens (primary N) is 2. The van der Waals surface area contributed by atoms with Crippen molar-refractivity contribution in [2.45, 2.75) is 31.7 Å². The van der Waals surface area contributed by atoms with Crippen LogP contribution in [0.1, 0.15) is 25.7 Å². The standard InChI is InChI=1S/C10H15N3O3/c11-5-6-16-9(15)10(8(13)14)4-2-1-3-7(10)12/h7H,1-4,6,12H2,(H2,13,14)/t7-,10+/m0/s1. The van der Waals surface area contributed by atoms with Gasteiger partial charge in [-0.1, -0.05) is 12.8 Å². The molecule has 6 nitrogen and oxygen atoms in total. The third-order valence-corrected chi connectivity index (χ3v) is 3.04. The van der Waals surface area contributed by atoms with E-state index in [4.69, 9.17) is 16.7 Å². The molecule has 1 aliphatic carbocycles. The van der Waals surface area contributed by atoms with E-state index in [0.717, 1.165) is 6.42 Å². The van der Waals surface area contributed by atoms with Crippen LogP contribution in [0.15, 0.2) is 0 Å². The highest BCUT2D eigenvalue weighted by Gasteiger charge is 2.52. The summed E-state index contributed by atoms with van der Waals surface area (Å²) in [5.74, 6) is -1.53. The molecule has 0 aromatic heterocycles. The lowest BCUT2D eigenvalue weighted by molar-refractivity contribution is -0.162. The first-order valence-corrected chi connectivity index (χ1v) is 5.15. The first-order chi connectivity index (χ1) is 7.55. The molecule has 1 rings (SSSR count). The van der Waals surface area contributed by atoms with Crippen molar-refractivity contribution in [3.8, 4) is 6.07 Å². The Hall–Kier alpha value is -1.61. The molecule has 1 fully saturated rings. The van der Waals surface area contributed by atoms with Crippen LogP contribution in [0.5, 0.6) is 0 Å². The van der Waals surface area contributed by atoms with Crippen LogP contribution in [0.4, 0.5) is 0 Å². The zero-order valence-corrected chi connectivity index (χ0v) is 8.94. The third kappa shape index (κ3) is 1.99. The van der Waals surface area contributed by atoms with Crippen molar-refractivity contribution in [1.82, 2.24) is 0 Å². The van der Waals surface area contributed by atoms with Crippen molar-refractivity contribution in [1.29, 1.82) is 5.26 Å². The van der Waals surface area contributed by atoms with Gasteiger partial charge in [0.15, 0.2) is 12.0 Å². The number of hydrogen-bond acceptors (Lipinski definition) is 5. The van der Waals surface area contributed by atoms with Gasteiger partial charge >= 0.3 is 5.97 Å². The lowest BCUT2D eigenvalue weighted by atomic mass is 9.70. The summed E-state index contributed by atoms with van der Waals surface area (Å²) in [7, 11) is 0. The molecule has 0 bridgehead atoms. The zero-order chi connectivity index (χ0) is 12.2. The van der Waals surface area contributed by atoms with Crippen LogP contribution in [-0.4, -0.2) is 24.5 Å². The van der Waals surface area contributed by atoms with E-state index in [2.05, 4.69) is 4.74 Å². The fourth-order valence-electron chi connectivity index (χ4n) is 2.09. The number of rotatable bonds is 3. The number of nitrogens with zero attached hydrogens (tertiary/aromatic N) is 1. The lowest BCUT2D eigenvalue weighted by Crippen LogP contribution is -2.58. The molecule has 0 radical (unpaired) electrons. The number of carbonyl (C=O) groups excluding carboxylic acids is 2. The predicted octanol–water partition coefficient (Wildman–Crippen LogP) is -0.574. The van der Waals surface area contributed by atoms with Gasteiger partial charge < -0.3 is 16.2 Å². The van der Waals surface area contributed by atoms with Crippen molar-refractivity contribution in [3.05, 3.63) is 0 Å². The Kier molecular flexibility index (Phi) is 3.85. The van der Waals surface area contributed by atoms with E-state index in [0.29, 0.717) is 19.3 Å². The van der Waals surface area contributed by atoms with E-state index in [1.165, 1.54) is 0 Å². The molecule has 0 unspecified atom stereocenters. The largest absolute Gasteiger partial charge is 0.449 e. The summed E-state index contributed by atoms with van der Waals surface area (Å²) in [6.45, 7) is -0.388. The van der Waals surface area contributed by atoms with Crippen LogP contribution in [0.2, 0.25) is 0 Å². The van der Waals surface area contributed by atoms with Gasteiger partial charge in [0, 0.05) is 6.04 Å². The number of hydrogen-bond donors (Lipinski definition) is 2. The maximum atomic E-state index is 11.8. The SMILES string of the molecule is N#CCOC(=O)[C@]1(C(N)=O)CCCC[C@@H]1N. The Morgan fingerprint density at radius 3 is 2.69 bits per heavy atom. The summed E-state index contributed by atoms with van der Waals surface area (Å²) in [4.78, 5) is 23.2. The summed E-state index contributed by atoms with van der Waals surface area (Å²) in [5, 5.41) is 8.33. The topological polar surface area (TPSA) is 119 Å². The minimum atomic E-state index is -1.45. The smallest absolute Gasteiger partial charge is 0.324 e. The second-order valence-electron chi connectivity index (χ2n) is 3.92. The molecule has 0 spiro atoms. The van der Waals surface area contributed by atoms with E-state index >= 15 is 0 Å².